The minimum atomic E-state index is -0.315. The second-order valence-electron chi connectivity index (χ2n) is 6.03. The Morgan fingerprint density at radius 1 is 1.23 bits per heavy atom. The third-order valence-corrected chi connectivity index (χ3v) is 4.55. The second-order valence-corrected chi connectivity index (χ2v) is 6.41. The number of nitrogens with zero attached hydrogens (tertiary/aromatic N) is 2. The molecule has 3 rings (SSSR count). The normalized spacial score (nSPS) is 10.9. The summed E-state index contributed by atoms with van der Waals surface area (Å²) < 4.78 is 14.8. The summed E-state index contributed by atoms with van der Waals surface area (Å²) in [6.07, 6.45) is 0. The minimum Gasteiger partial charge on any atom is -0.337 e. The second kappa shape index (κ2) is 7.21. The van der Waals surface area contributed by atoms with Gasteiger partial charge in [0, 0.05) is 25.7 Å². The van der Waals surface area contributed by atoms with Gasteiger partial charge in [0.1, 0.15) is 5.82 Å². The first kappa shape index (κ1) is 18.0. The van der Waals surface area contributed by atoms with Crippen molar-refractivity contribution < 1.29 is 9.18 Å². The van der Waals surface area contributed by atoms with Gasteiger partial charge in [-0.25, -0.2) is 4.39 Å². The summed E-state index contributed by atoms with van der Waals surface area (Å²) in [4.78, 5) is 29.6. The first-order chi connectivity index (χ1) is 12.4. The van der Waals surface area contributed by atoms with E-state index in [1.807, 2.05) is 6.92 Å². The van der Waals surface area contributed by atoms with Crippen molar-refractivity contribution in [2.75, 3.05) is 7.05 Å². The van der Waals surface area contributed by atoms with E-state index >= 15 is 0 Å². The molecule has 0 saturated heterocycles. The molecule has 0 fully saturated rings. The lowest BCUT2D eigenvalue weighted by atomic mass is 10.1. The number of aromatic amines is 1. The van der Waals surface area contributed by atoms with Crippen LogP contribution in [-0.2, 0) is 13.1 Å². The summed E-state index contributed by atoms with van der Waals surface area (Å²) in [6, 6.07) is 10.9. The molecule has 0 atom stereocenters. The van der Waals surface area contributed by atoms with Crippen molar-refractivity contribution in [3.8, 4) is 0 Å². The van der Waals surface area contributed by atoms with Gasteiger partial charge >= 0.3 is 0 Å². The largest absolute Gasteiger partial charge is 0.337 e. The number of hydrogen-bond acceptors (Lipinski definition) is 3. The lowest BCUT2D eigenvalue weighted by Crippen LogP contribution is -2.26. The minimum absolute atomic E-state index is 0.176. The van der Waals surface area contributed by atoms with E-state index in [0.29, 0.717) is 34.3 Å². The Bertz CT molecular complexity index is 1090. The number of amides is 1. The molecular formula is C19H18FN3O2S. The van der Waals surface area contributed by atoms with Gasteiger partial charge in [-0.15, -0.1) is 0 Å². The van der Waals surface area contributed by atoms with E-state index in [9.17, 15) is 14.0 Å². The number of benzene rings is 2. The summed E-state index contributed by atoms with van der Waals surface area (Å²) in [5.41, 5.74) is 1.63. The molecule has 1 aromatic heterocycles. The van der Waals surface area contributed by atoms with Crippen LogP contribution in [-0.4, -0.2) is 27.4 Å². The summed E-state index contributed by atoms with van der Waals surface area (Å²) in [5.74, 6) is -0.513. The third-order valence-electron chi connectivity index (χ3n) is 4.22. The molecule has 5 nitrogen and oxygen atoms in total. The molecule has 7 heteroatoms. The van der Waals surface area contributed by atoms with Gasteiger partial charge in [-0.2, -0.15) is 0 Å². The summed E-state index contributed by atoms with van der Waals surface area (Å²) in [5, 5.41) is 0.484. The number of rotatable bonds is 4. The van der Waals surface area contributed by atoms with E-state index < -0.39 is 0 Å². The molecule has 0 bridgehead atoms. The molecule has 134 valence electrons. The maximum atomic E-state index is 13.0. The van der Waals surface area contributed by atoms with Crippen LogP contribution in [0.4, 0.5) is 4.39 Å². The topological polar surface area (TPSA) is 58.1 Å². The average molecular weight is 371 g/mol. The number of fused-ring (bicyclic) bond motifs is 1. The highest BCUT2D eigenvalue weighted by Gasteiger charge is 2.14. The number of carbonyl (C=O) groups excluding carboxylic acids is 1. The predicted octanol–water partition coefficient (Wildman–Crippen LogP) is 3.49. The van der Waals surface area contributed by atoms with E-state index in [2.05, 4.69) is 4.98 Å². The lowest BCUT2D eigenvalue weighted by Gasteiger charge is -2.17. The van der Waals surface area contributed by atoms with Gasteiger partial charge in [-0.05, 0) is 55.0 Å². The standard InChI is InChI=1S/C19H18FN3O2S/c1-3-23-18(25)15-9-6-13(10-16(15)21-19(23)26)17(24)22(2)11-12-4-7-14(20)8-5-12/h4-10H,3,11H2,1-2H3,(H,21,26). The van der Waals surface area contributed by atoms with Crippen molar-refractivity contribution in [2.45, 2.75) is 20.0 Å². The van der Waals surface area contributed by atoms with Gasteiger partial charge in [0.25, 0.3) is 11.5 Å². The Morgan fingerprint density at radius 3 is 2.58 bits per heavy atom. The number of halogens is 1. The average Bonchev–Trinajstić information content (AvgIpc) is 2.62. The maximum absolute atomic E-state index is 13.0. The van der Waals surface area contributed by atoms with Crippen LogP contribution in [0.3, 0.4) is 0 Å². The van der Waals surface area contributed by atoms with E-state index in [4.69, 9.17) is 12.2 Å². The van der Waals surface area contributed by atoms with Crippen molar-refractivity contribution in [1.82, 2.24) is 14.5 Å². The van der Waals surface area contributed by atoms with Crippen LogP contribution in [0.2, 0.25) is 0 Å². The molecule has 0 aliphatic carbocycles. The highest BCUT2D eigenvalue weighted by atomic mass is 32.1. The van der Waals surface area contributed by atoms with Crippen LogP contribution >= 0.6 is 12.2 Å². The van der Waals surface area contributed by atoms with Crippen molar-refractivity contribution in [1.29, 1.82) is 0 Å². The van der Waals surface area contributed by atoms with Crippen LogP contribution < -0.4 is 5.56 Å². The van der Waals surface area contributed by atoms with Gasteiger partial charge in [-0.1, -0.05) is 12.1 Å². The first-order valence-electron chi connectivity index (χ1n) is 8.17. The summed E-state index contributed by atoms with van der Waals surface area (Å²) in [6.45, 7) is 2.68. The van der Waals surface area contributed by atoms with E-state index in [-0.39, 0.29) is 17.3 Å². The number of nitrogens with one attached hydrogen (secondary N) is 1. The van der Waals surface area contributed by atoms with Gasteiger partial charge in [0.15, 0.2) is 4.77 Å². The molecular weight excluding hydrogens is 353 g/mol. The van der Waals surface area contributed by atoms with E-state index in [1.165, 1.54) is 21.6 Å². The first-order valence-corrected chi connectivity index (χ1v) is 8.58. The van der Waals surface area contributed by atoms with Gasteiger partial charge in [0.05, 0.1) is 10.9 Å². The van der Waals surface area contributed by atoms with Crippen LogP contribution in [0, 0.1) is 10.6 Å². The molecule has 26 heavy (non-hydrogen) atoms. The SMILES string of the molecule is CCn1c(=S)[nH]c2cc(C(=O)N(C)Cc3ccc(F)cc3)ccc2c1=O. The smallest absolute Gasteiger partial charge is 0.262 e. The van der Waals surface area contributed by atoms with Crippen molar-refractivity contribution in [3.05, 3.63) is 74.5 Å². The zero-order valence-electron chi connectivity index (χ0n) is 14.5. The molecule has 3 aromatic rings. The maximum Gasteiger partial charge on any atom is 0.262 e. The number of H-pyrrole nitrogens is 1. The Morgan fingerprint density at radius 2 is 1.92 bits per heavy atom. The molecule has 1 amide bonds. The molecule has 0 saturated carbocycles. The predicted molar refractivity (Wildman–Crippen MR) is 101 cm³/mol. The molecule has 1 N–H and O–H groups in total. The number of carbonyl (C=O) groups is 1. The number of hydrogen-bond donors (Lipinski definition) is 1. The van der Waals surface area contributed by atoms with Crippen molar-refractivity contribution in [3.63, 3.8) is 0 Å². The highest BCUT2D eigenvalue weighted by molar-refractivity contribution is 7.71. The summed E-state index contributed by atoms with van der Waals surface area (Å²) >= 11 is 5.21. The van der Waals surface area contributed by atoms with Crippen LogP contribution in [0.5, 0.6) is 0 Å². The monoisotopic (exact) mass is 371 g/mol. The fourth-order valence-electron chi connectivity index (χ4n) is 2.83. The van der Waals surface area contributed by atoms with Crippen LogP contribution in [0.1, 0.15) is 22.8 Å². The number of aromatic nitrogens is 2. The zero-order chi connectivity index (χ0) is 18.8. The Hall–Kier alpha value is -2.80. The zero-order valence-corrected chi connectivity index (χ0v) is 15.3. The molecule has 0 radical (unpaired) electrons. The fraction of sp³-hybridized carbons (Fsp3) is 0.211. The lowest BCUT2D eigenvalue weighted by molar-refractivity contribution is 0.0785. The highest BCUT2D eigenvalue weighted by Crippen LogP contribution is 2.14. The fourth-order valence-corrected chi connectivity index (χ4v) is 3.15. The van der Waals surface area contributed by atoms with Gasteiger partial charge in [0.2, 0.25) is 0 Å². The molecule has 0 aliphatic heterocycles. The quantitative estimate of drug-likeness (QED) is 0.714. The molecule has 0 aliphatic rings. The van der Waals surface area contributed by atoms with Gasteiger partial charge in [-0.3, -0.25) is 14.2 Å². The Kier molecular flexibility index (Phi) is 4.99. The molecule has 0 unspecified atom stereocenters. The van der Waals surface area contributed by atoms with Crippen molar-refractivity contribution in [2.24, 2.45) is 0 Å². The van der Waals surface area contributed by atoms with E-state index in [1.54, 1.807) is 37.4 Å². The molecule has 1 heterocycles. The van der Waals surface area contributed by atoms with E-state index in [0.717, 1.165) is 5.56 Å². The Balaban J connectivity index is 1.92. The summed E-state index contributed by atoms with van der Waals surface area (Å²) in [7, 11) is 1.67. The third kappa shape index (κ3) is 3.43. The Labute approximate surface area is 154 Å². The van der Waals surface area contributed by atoms with Crippen LogP contribution in [0.25, 0.3) is 10.9 Å². The van der Waals surface area contributed by atoms with Crippen LogP contribution in [0.15, 0.2) is 47.3 Å². The van der Waals surface area contributed by atoms with Gasteiger partial charge < -0.3 is 9.88 Å². The molecule has 2 aromatic carbocycles. The molecule has 0 spiro atoms. The van der Waals surface area contributed by atoms with Crippen molar-refractivity contribution >= 4 is 29.0 Å².